The zero-order valence-corrected chi connectivity index (χ0v) is 38.5. The molecular formula is C57H43IrN5O-2. The van der Waals surface area contributed by atoms with E-state index in [9.17, 15) is 0 Å². The summed E-state index contributed by atoms with van der Waals surface area (Å²) in [5.74, 6) is 2.70. The molecule has 0 bridgehead atoms. The number of imidazole rings is 2. The van der Waals surface area contributed by atoms with Crippen molar-refractivity contribution in [3.8, 4) is 28.5 Å². The van der Waals surface area contributed by atoms with Gasteiger partial charge in [0.2, 0.25) is 0 Å². The molecule has 0 aliphatic rings. The maximum Gasteiger partial charge on any atom is 0.137 e. The molecule has 7 heteroatoms. The average Bonchev–Trinajstić information content (AvgIpc) is 4.13. The molecular weight excluding hydrogens is 963 g/mol. The summed E-state index contributed by atoms with van der Waals surface area (Å²) in [6, 6.07) is 61.8. The molecule has 64 heavy (non-hydrogen) atoms. The molecule has 5 heterocycles. The second-order valence-electron chi connectivity index (χ2n) is 17.2. The van der Waals surface area contributed by atoms with Crippen molar-refractivity contribution in [2.45, 2.75) is 39.5 Å². The minimum absolute atomic E-state index is 0. The minimum atomic E-state index is 0. The third-order valence-corrected chi connectivity index (χ3v) is 12.8. The van der Waals surface area contributed by atoms with Crippen molar-refractivity contribution in [2.24, 2.45) is 7.05 Å². The second kappa shape index (κ2) is 15.3. The van der Waals surface area contributed by atoms with Gasteiger partial charge in [-0.3, -0.25) is 9.97 Å². The third-order valence-electron chi connectivity index (χ3n) is 12.8. The van der Waals surface area contributed by atoms with E-state index in [0.29, 0.717) is 11.8 Å². The summed E-state index contributed by atoms with van der Waals surface area (Å²) in [7, 11) is 2.08. The molecule has 0 atom stereocenters. The van der Waals surface area contributed by atoms with E-state index >= 15 is 0 Å². The van der Waals surface area contributed by atoms with Gasteiger partial charge >= 0.3 is 0 Å². The molecule has 0 aliphatic heterocycles. The van der Waals surface area contributed by atoms with Gasteiger partial charge in [0, 0.05) is 65.8 Å². The monoisotopic (exact) mass is 1010 g/mol. The number of para-hydroxylation sites is 5. The smallest absolute Gasteiger partial charge is 0.137 e. The molecule has 0 saturated carbocycles. The van der Waals surface area contributed by atoms with Crippen LogP contribution in [0.5, 0.6) is 0 Å². The summed E-state index contributed by atoms with van der Waals surface area (Å²) < 4.78 is 13.4. The second-order valence-corrected chi connectivity index (χ2v) is 17.2. The number of rotatable bonds is 5. The van der Waals surface area contributed by atoms with Crippen molar-refractivity contribution < 1.29 is 24.5 Å². The summed E-state index contributed by atoms with van der Waals surface area (Å²) in [6.07, 6.45) is 0. The number of fused-ring (bicyclic) bond motifs is 12. The number of nitrogens with zero attached hydrogens (tertiary/aromatic N) is 5. The first-order valence-corrected chi connectivity index (χ1v) is 21.8. The van der Waals surface area contributed by atoms with Crippen molar-refractivity contribution >= 4 is 82.1 Å². The molecule has 6 nitrogen and oxygen atoms in total. The quantitative estimate of drug-likeness (QED) is 0.161. The van der Waals surface area contributed by atoms with Gasteiger partial charge in [-0.15, -0.1) is 71.8 Å². The van der Waals surface area contributed by atoms with Crippen LogP contribution in [0.2, 0.25) is 0 Å². The van der Waals surface area contributed by atoms with Crippen LogP contribution in [0, 0.1) is 12.1 Å². The molecule has 0 fully saturated rings. The Morgan fingerprint density at radius 2 is 1.11 bits per heavy atom. The van der Waals surface area contributed by atoms with Gasteiger partial charge in [0.25, 0.3) is 0 Å². The van der Waals surface area contributed by atoms with Gasteiger partial charge in [-0.2, -0.15) is 0 Å². The molecule has 0 aliphatic carbocycles. The van der Waals surface area contributed by atoms with E-state index in [2.05, 4.69) is 176 Å². The van der Waals surface area contributed by atoms with E-state index in [0.717, 1.165) is 66.8 Å². The van der Waals surface area contributed by atoms with Gasteiger partial charge in [0.1, 0.15) is 11.2 Å². The molecule has 13 rings (SSSR count). The Labute approximate surface area is 384 Å². The molecule has 1 radical (unpaired) electrons. The summed E-state index contributed by atoms with van der Waals surface area (Å²) >= 11 is 0. The molecule has 8 aromatic carbocycles. The molecule has 0 saturated heterocycles. The van der Waals surface area contributed by atoms with Crippen LogP contribution in [0.25, 0.3) is 111 Å². The Balaban J connectivity index is 0.000000147. The Morgan fingerprint density at radius 1 is 0.500 bits per heavy atom. The zero-order chi connectivity index (χ0) is 42.5. The van der Waals surface area contributed by atoms with E-state index in [1.54, 1.807) is 0 Å². The zero-order valence-electron chi connectivity index (χ0n) is 36.1. The topological polar surface area (TPSA) is 53.2 Å². The van der Waals surface area contributed by atoms with Gasteiger partial charge in [-0.1, -0.05) is 94.4 Å². The summed E-state index contributed by atoms with van der Waals surface area (Å²) in [4.78, 5) is 9.96. The van der Waals surface area contributed by atoms with Gasteiger partial charge in [0.05, 0.1) is 55.7 Å². The van der Waals surface area contributed by atoms with Crippen LogP contribution in [-0.2, 0) is 27.2 Å². The number of hydrogen-bond acceptors (Lipinski definition) is 3. The first-order valence-electron chi connectivity index (χ1n) is 21.8. The minimum Gasteiger partial charge on any atom is -0.456 e. The maximum absolute atomic E-state index is 6.48. The van der Waals surface area contributed by atoms with Crippen LogP contribution in [0.3, 0.4) is 0 Å². The maximum atomic E-state index is 6.48. The van der Waals surface area contributed by atoms with E-state index in [1.807, 2.05) is 42.5 Å². The molecule has 0 amide bonds. The Bertz CT molecular complexity index is 3840. The van der Waals surface area contributed by atoms with Gasteiger partial charge in [-0.05, 0) is 59.4 Å². The number of aryl methyl sites for hydroxylation is 1. The first kappa shape index (κ1) is 39.8. The van der Waals surface area contributed by atoms with Crippen LogP contribution in [-0.4, -0.2) is 23.5 Å². The largest absolute Gasteiger partial charge is 0.456 e. The van der Waals surface area contributed by atoms with Gasteiger partial charge < -0.3 is 18.0 Å². The molecule has 0 unspecified atom stereocenters. The molecule has 313 valence electrons. The predicted octanol–water partition coefficient (Wildman–Crippen LogP) is 14.8. The number of benzene rings is 8. The number of aromatic nitrogens is 5. The van der Waals surface area contributed by atoms with Crippen LogP contribution in [0.4, 0.5) is 0 Å². The number of furan rings is 1. The van der Waals surface area contributed by atoms with E-state index in [4.69, 9.17) is 14.4 Å². The third kappa shape index (κ3) is 5.95. The first-order chi connectivity index (χ1) is 30.9. The summed E-state index contributed by atoms with van der Waals surface area (Å²) in [6.45, 7) is 9.04. The number of hydrogen-bond donors (Lipinski definition) is 0. The van der Waals surface area contributed by atoms with Crippen LogP contribution in [0.1, 0.15) is 50.7 Å². The Hall–Kier alpha value is -7.05. The van der Waals surface area contributed by atoms with Crippen molar-refractivity contribution in [2.75, 3.05) is 0 Å². The van der Waals surface area contributed by atoms with Crippen molar-refractivity contribution in [3.05, 3.63) is 181 Å². The van der Waals surface area contributed by atoms with Gasteiger partial charge in [-0.25, -0.2) is 0 Å². The van der Waals surface area contributed by atoms with E-state index in [-0.39, 0.29) is 20.1 Å². The summed E-state index contributed by atoms with van der Waals surface area (Å²) in [5, 5.41) is 7.31. The fourth-order valence-corrected chi connectivity index (χ4v) is 9.99. The Morgan fingerprint density at radius 3 is 1.81 bits per heavy atom. The van der Waals surface area contributed by atoms with Crippen LogP contribution in [0.15, 0.2) is 162 Å². The fourth-order valence-electron chi connectivity index (χ4n) is 9.99. The molecule has 5 aromatic heterocycles. The van der Waals surface area contributed by atoms with E-state index < -0.39 is 0 Å². The van der Waals surface area contributed by atoms with Crippen molar-refractivity contribution in [3.63, 3.8) is 0 Å². The fraction of sp³-hybridized carbons (Fsp3) is 0.123. The molecule has 0 N–H and O–H groups in total. The normalized spacial score (nSPS) is 12.0. The van der Waals surface area contributed by atoms with Crippen molar-refractivity contribution in [1.29, 1.82) is 0 Å². The standard InChI is InChI=1S/C32H18N3O.C25H25N2.Ir/c1-34-31-24(33-32(34)18-8-3-2-4-9-18)14-15-27-29(31)23-16-22-21-12-7-11-20-19-10-5-6-13-25(19)35(30(20)21)26(22)17-28(23)36-27;1-17(2)20-13-10-14-21(18(3)4)24(20)27-23-16-9-8-15-22(23)26-25(27)19-11-6-5-7-12-19;/h2-8,10-17H,1H3;5-11,13-18H,1-4H3;/q2*-1;. The average molecular weight is 1010 g/mol. The van der Waals surface area contributed by atoms with Crippen LogP contribution >= 0.6 is 0 Å². The molecule has 13 aromatic rings. The summed E-state index contributed by atoms with van der Waals surface area (Å²) in [5.41, 5.74) is 15.6. The molecule has 0 spiro atoms. The Kier molecular flexibility index (Phi) is 9.53. The SMILES string of the molecule is CC(C)c1cccc(C(C)C)c1-n1c(-c2[c-]cccc2)nc2ccccc21.Cn1c(-c2[c-]cccc2)nc2ccc3oc4cc5c(cc4c3c21)c1cccc2c3ccccc3n5c21.[Ir]. The van der Waals surface area contributed by atoms with Gasteiger partial charge in [0.15, 0.2) is 0 Å². The predicted molar refractivity (Wildman–Crippen MR) is 260 cm³/mol. The van der Waals surface area contributed by atoms with Crippen molar-refractivity contribution in [1.82, 2.24) is 23.5 Å². The van der Waals surface area contributed by atoms with Crippen LogP contribution < -0.4 is 0 Å². The van der Waals surface area contributed by atoms with E-state index in [1.165, 1.54) is 54.9 Å².